The van der Waals surface area contributed by atoms with Crippen molar-refractivity contribution in [2.75, 3.05) is 19.5 Å². The zero-order valence-electron chi connectivity index (χ0n) is 10.7. The minimum atomic E-state index is -3.58. The predicted molar refractivity (Wildman–Crippen MR) is 68.4 cm³/mol. The van der Waals surface area contributed by atoms with Gasteiger partial charge in [-0.3, -0.25) is 0 Å². The molecule has 0 fully saturated rings. The van der Waals surface area contributed by atoms with E-state index in [1.807, 2.05) is 19.1 Å². The molecule has 0 aliphatic rings. The fourth-order valence-corrected chi connectivity index (χ4v) is 2.36. The van der Waals surface area contributed by atoms with Crippen LogP contribution in [0, 0.1) is 6.92 Å². The molecule has 0 aliphatic heterocycles. The Bertz CT molecular complexity index is 647. The van der Waals surface area contributed by atoms with Crippen molar-refractivity contribution in [3.05, 3.63) is 29.8 Å². The summed E-state index contributed by atoms with van der Waals surface area (Å²) in [5.74, 6) is 0.00922. The van der Waals surface area contributed by atoms with Gasteiger partial charge in [-0.05, 0) is 19.1 Å². The molecule has 0 saturated heterocycles. The van der Waals surface area contributed by atoms with Crippen LogP contribution in [0.25, 0.3) is 11.5 Å². The first-order valence-electron chi connectivity index (χ1n) is 5.65. The zero-order chi connectivity index (χ0) is 13.9. The van der Waals surface area contributed by atoms with Gasteiger partial charge in [0.25, 0.3) is 0 Å². The first-order chi connectivity index (χ1) is 9.03. The van der Waals surface area contributed by atoms with Crippen LogP contribution in [0.3, 0.4) is 0 Å². The van der Waals surface area contributed by atoms with Crippen molar-refractivity contribution < 1.29 is 17.6 Å². The summed E-state index contributed by atoms with van der Waals surface area (Å²) in [6, 6.07) is 7.38. The lowest BCUT2D eigenvalue weighted by Gasteiger charge is -1.98. The van der Waals surface area contributed by atoms with E-state index in [1.54, 1.807) is 12.1 Å². The fraction of sp³-hybridized carbons (Fsp3) is 0.333. The monoisotopic (exact) mass is 282 g/mol. The van der Waals surface area contributed by atoms with Crippen LogP contribution < -0.4 is 0 Å². The number of aryl methyl sites for hydroxylation is 1. The second kappa shape index (κ2) is 5.50. The molecule has 0 saturated carbocycles. The van der Waals surface area contributed by atoms with E-state index in [1.165, 1.54) is 7.11 Å². The number of nitrogens with zero attached hydrogens (tertiary/aromatic N) is 2. The van der Waals surface area contributed by atoms with E-state index in [-0.39, 0.29) is 23.5 Å². The molecule has 19 heavy (non-hydrogen) atoms. The van der Waals surface area contributed by atoms with Gasteiger partial charge in [0.2, 0.25) is 15.7 Å². The minimum Gasteiger partial charge on any atom is -0.408 e. The summed E-state index contributed by atoms with van der Waals surface area (Å²) in [6.45, 7) is 2.04. The molecule has 1 aromatic heterocycles. The highest BCUT2D eigenvalue weighted by molar-refractivity contribution is 7.91. The summed E-state index contributed by atoms with van der Waals surface area (Å²) >= 11 is 0. The van der Waals surface area contributed by atoms with Crippen LogP contribution in [-0.2, 0) is 14.6 Å². The quantitative estimate of drug-likeness (QED) is 0.825. The summed E-state index contributed by atoms with van der Waals surface area (Å²) < 4.78 is 33.6. The lowest BCUT2D eigenvalue weighted by Crippen LogP contribution is -2.11. The first-order valence-corrected chi connectivity index (χ1v) is 7.30. The topological polar surface area (TPSA) is 82.3 Å². The van der Waals surface area contributed by atoms with Gasteiger partial charge < -0.3 is 9.15 Å². The number of rotatable bonds is 5. The molecule has 0 amide bonds. The van der Waals surface area contributed by atoms with E-state index in [2.05, 4.69) is 10.2 Å². The van der Waals surface area contributed by atoms with Crippen LogP contribution in [0.4, 0.5) is 0 Å². The maximum absolute atomic E-state index is 11.8. The highest BCUT2D eigenvalue weighted by atomic mass is 32.2. The van der Waals surface area contributed by atoms with E-state index < -0.39 is 9.84 Å². The average molecular weight is 282 g/mol. The standard InChI is InChI=1S/C12H14N2O4S/c1-9-3-5-10(6-4-9)11-13-14-12(18-11)19(15,16)8-7-17-2/h3-6H,7-8H2,1-2H3. The Hall–Kier alpha value is -1.73. The molecule has 7 heteroatoms. The molecular weight excluding hydrogens is 268 g/mol. The molecule has 2 rings (SSSR count). The highest BCUT2D eigenvalue weighted by Crippen LogP contribution is 2.20. The van der Waals surface area contributed by atoms with Crippen LogP contribution >= 0.6 is 0 Å². The molecule has 102 valence electrons. The van der Waals surface area contributed by atoms with Gasteiger partial charge in [0.1, 0.15) is 0 Å². The Morgan fingerprint density at radius 3 is 2.53 bits per heavy atom. The van der Waals surface area contributed by atoms with Gasteiger partial charge >= 0.3 is 5.22 Å². The van der Waals surface area contributed by atoms with Crippen molar-refractivity contribution in [2.24, 2.45) is 0 Å². The maximum Gasteiger partial charge on any atom is 0.335 e. The van der Waals surface area contributed by atoms with Crippen molar-refractivity contribution in [1.82, 2.24) is 10.2 Å². The summed E-state index contributed by atoms with van der Waals surface area (Å²) in [7, 11) is -2.15. The van der Waals surface area contributed by atoms with Gasteiger partial charge in [-0.15, -0.1) is 5.10 Å². The molecule has 0 bridgehead atoms. The van der Waals surface area contributed by atoms with Crippen molar-refractivity contribution in [3.8, 4) is 11.5 Å². The fourth-order valence-electron chi connectivity index (χ4n) is 1.43. The molecule has 0 radical (unpaired) electrons. The van der Waals surface area contributed by atoms with Crippen molar-refractivity contribution in [2.45, 2.75) is 12.1 Å². The summed E-state index contributed by atoms with van der Waals surface area (Å²) in [5.41, 5.74) is 1.78. The predicted octanol–water partition coefficient (Wildman–Crippen LogP) is 1.47. The van der Waals surface area contributed by atoms with Crippen LogP contribution in [0.2, 0.25) is 0 Å². The van der Waals surface area contributed by atoms with Crippen LogP contribution in [0.5, 0.6) is 0 Å². The summed E-state index contributed by atoms with van der Waals surface area (Å²) in [5, 5.41) is 6.96. The Kier molecular flexibility index (Phi) is 3.96. The Morgan fingerprint density at radius 2 is 1.89 bits per heavy atom. The number of methoxy groups -OCH3 is 1. The van der Waals surface area contributed by atoms with E-state index in [9.17, 15) is 8.42 Å². The number of aromatic nitrogens is 2. The third-order valence-corrected chi connectivity index (χ3v) is 3.93. The van der Waals surface area contributed by atoms with Gasteiger partial charge in [0, 0.05) is 12.7 Å². The lowest BCUT2D eigenvalue weighted by molar-refractivity contribution is 0.216. The van der Waals surface area contributed by atoms with E-state index in [0.29, 0.717) is 5.56 Å². The largest absolute Gasteiger partial charge is 0.408 e. The average Bonchev–Trinajstić information content (AvgIpc) is 2.88. The van der Waals surface area contributed by atoms with E-state index in [0.717, 1.165) is 5.56 Å². The van der Waals surface area contributed by atoms with E-state index in [4.69, 9.17) is 9.15 Å². The minimum absolute atomic E-state index is 0.0879. The maximum atomic E-state index is 11.8. The second-order valence-corrected chi connectivity index (χ2v) is 6.04. The SMILES string of the molecule is COCCS(=O)(=O)c1nnc(-c2ccc(C)cc2)o1. The van der Waals surface area contributed by atoms with Gasteiger partial charge in [-0.25, -0.2) is 8.42 Å². The Morgan fingerprint density at radius 1 is 1.21 bits per heavy atom. The van der Waals surface area contributed by atoms with Crippen molar-refractivity contribution >= 4 is 9.84 Å². The molecule has 0 atom stereocenters. The van der Waals surface area contributed by atoms with Crippen LogP contribution in [0.1, 0.15) is 5.56 Å². The molecule has 0 unspecified atom stereocenters. The smallest absolute Gasteiger partial charge is 0.335 e. The molecule has 2 aromatic rings. The third kappa shape index (κ3) is 3.18. The van der Waals surface area contributed by atoms with Gasteiger partial charge in [-0.2, -0.15) is 0 Å². The molecule has 0 spiro atoms. The first kappa shape index (κ1) is 13.7. The van der Waals surface area contributed by atoms with Gasteiger partial charge in [0.05, 0.1) is 12.4 Å². The third-order valence-electron chi connectivity index (χ3n) is 2.53. The number of hydrogen-bond acceptors (Lipinski definition) is 6. The lowest BCUT2D eigenvalue weighted by atomic mass is 10.1. The summed E-state index contributed by atoms with van der Waals surface area (Å²) in [6.07, 6.45) is 0. The van der Waals surface area contributed by atoms with E-state index >= 15 is 0 Å². The van der Waals surface area contributed by atoms with Crippen LogP contribution in [-0.4, -0.2) is 38.1 Å². The molecule has 1 aromatic carbocycles. The Balaban J connectivity index is 2.26. The zero-order valence-corrected chi connectivity index (χ0v) is 11.5. The van der Waals surface area contributed by atoms with Gasteiger partial charge in [0.15, 0.2) is 0 Å². The summed E-state index contributed by atoms with van der Waals surface area (Å²) in [4.78, 5) is 0. The number of ether oxygens (including phenoxy) is 1. The normalized spacial score (nSPS) is 11.7. The van der Waals surface area contributed by atoms with Crippen molar-refractivity contribution in [1.29, 1.82) is 0 Å². The second-order valence-electron chi connectivity index (χ2n) is 4.05. The molecule has 6 nitrogen and oxygen atoms in total. The molecule has 1 heterocycles. The molecular formula is C12H14N2O4S. The number of sulfone groups is 1. The molecule has 0 N–H and O–H groups in total. The van der Waals surface area contributed by atoms with Crippen LogP contribution in [0.15, 0.2) is 33.9 Å². The van der Waals surface area contributed by atoms with Gasteiger partial charge in [-0.1, -0.05) is 22.8 Å². The van der Waals surface area contributed by atoms with Crippen molar-refractivity contribution in [3.63, 3.8) is 0 Å². The number of benzene rings is 1. The molecule has 0 aliphatic carbocycles. The Labute approximate surface area is 111 Å². The highest BCUT2D eigenvalue weighted by Gasteiger charge is 2.22. The number of hydrogen-bond donors (Lipinski definition) is 0.